The van der Waals surface area contributed by atoms with Crippen molar-refractivity contribution in [3.63, 3.8) is 0 Å². The van der Waals surface area contributed by atoms with E-state index in [1.54, 1.807) is 0 Å². The van der Waals surface area contributed by atoms with Crippen LogP contribution < -0.4 is 5.32 Å². The zero-order chi connectivity index (χ0) is 20.3. The average Bonchev–Trinajstić information content (AvgIpc) is 2.69. The van der Waals surface area contributed by atoms with Crippen molar-refractivity contribution in [2.75, 3.05) is 31.6 Å². The monoisotopic (exact) mass is 469 g/mol. The molecule has 9 nitrogen and oxygen atoms in total. The number of nitro groups is 1. The molecule has 0 bridgehead atoms. The molecular weight excluding hydrogens is 454 g/mol. The second-order valence-corrected chi connectivity index (χ2v) is 8.68. The fourth-order valence-electron chi connectivity index (χ4n) is 2.67. The Bertz CT molecular complexity index is 1020. The fourth-order valence-corrected chi connectivity index (χ4v) is 5.03. The minimum absolute atomic E-state index is 0.0268. The molecule has 0 aliphatic carbocycles. The Labute approximate surface area is 169 Å². The number of non-ortho nitro benzene ring substituents is 1. The molecule has 0 aromatic heterocycles. The molecule has 1 aliphatic rings. The number of nitrogens with zero attached hydrogens (tertiary/aromatic N) is 2. The summed E-state index contributed by atoms with van der Waals surface area (Å²) in [5.74, 6) is -0.577. The predicted molar refractivity (Wildman–Crippen MR) is 105 cm³/mol. The normalized spacial score (nSPS) is 15.2. The summed E-state index contributed by atoms with van der Waals surface area (Å²) in [5, 5.41) is 13.4. The van der Waals surface area contributed by atoms with E-state index in [2.05, 4.69) is 21.2 Å². The van der Waals surface area contributed by atoms with Gasteiger partial charge in [0.15, 0.2) is 0 Å². The fraction of sp³-hybridized carbons (Fsp3) is 0.235. The third kappa shape index (κ3) is 4.38. The van der Waals surface area contributed by atoms with Crippen LogP contribution in [0, 0.1) is 10.1 Å². The first kappa shape index (κ1) is 20.4. The maximum atomic E-state index is 12.9. The number of morpholine rings is 1. The van der Waals surface area contributed by atoms with Crippen LogP contribution in [-0.4, -0.2) is 49.9 Å². The number of carbonyl (C=O) groups excluding carboxylic acids is 1. The van der Waals surface area contributed by atoms with Crippen molar-refractivity contribution in [1.29, 1.82) is 0 Å². The van der Waals surface area contributed by atoms with Crippen molar-refractivity contribution in [2.24, 2.45) is 0 Å². The van der Waals surface area contributed by atoms with Gasteiger partial charge in [0.1, 0.15) is 0 Å². The number of halogens is 1. The van der Waals surface area contributed by atoms with Crippen molar-refractivity contribution in [3.05, 3.63) is 62.6 Å². The molecule has 1 fully saturated rings. The summed E-state index contributed by atoms with van der Waals surface area (Å²) < 4.78 is 32.6. The van der Waals surface area contributed by atoms with Crippen LogP contribution in [0.3, 0.4) is 0 Å². The minimum Gasteiger partial charge on any atom is -0.379 e. The van der Waals surface area contributed by atoms with Gasteiger partial charge in [-0.1, -0.05) is 6.07 Å². The lowest BCUT2D eigenvalue weighted by Crippen LogP contribution is -2.40. The van der Waals surface area contributed by atoms with Gasteiger partial charge in [-0.3, -0.25) is 14.9 Å². The lowest BCUT2D eigenvalue weighted by atomic mass is 10.2. The van der Waals surface area contributed by atoms with Gasteiger partial charge in [0.05, 0.1) is 23.0 Å². The van der Waals surface area contributed by atoms with Crippen LogP contribution in [0.25, 0.3) is 0 Å². The first-order valence-corrected chi connectivity index (χ1v) is 10.5. The van der Waals surface area contributed by atoms with E-state index in [4.69, 9.17) is 4.74 Å². The third-order valence-corrected chi connectivity index (χ3v) is 6.99. The molecule has 1 N–H and O–H groups in total. The van der Waals surface area contributed by atoms with Gasteiger partial charge < -0.3 is 10.1 Å². The summed E-state index contributed by atoms with van der Waals surface area (Å²) in [6.07, 6.45) is 0. The van der Waals surface area contributed by atoms with E-state index in [-0.39, 0.29) is 34.9 Å². The van der Waals surface area contributed by atoms with E-state index in [1.807, 2.05) is 0 Å². The number of hydrogen-bond acceptors (Lipinski definition) is 6. The van der Waals surface area contributed by atoms with E-state index < -0.39 is 20.9 Å². The van der Waals surface area contributed by atoms with Gasteiger partial charge in [-0.2, -0.15) is 4.31 Å². The molecule has 1 saturated heterocycles. The van der Waals surface area contributed by atoms with Crippen LogP contribution >= 0.6 is 15.9 Å². The molecule has 0 radical (unpaired) electrons. The van der Waals surface area contributed by atoms with Crippen molar-refractivity contribution >= 4 is 43.2 Å². The summed E-state index contributed by atoms with van der Waals surface area (Å²) in [5.41, 5.74) is 0.186. The predicted octanol–water partition coefficient (Wildman–Crippen LogP) is 2.63. The average molecular weight is 470 g/mol. The van der Waals surface area contributed by atoms with Crippen LogP contribution in [0.5, 0.6) is 0 Å². The Morgan fingerprint density at radius 1 is 1.18 bits per heavy atom. The largest absolute Gasteiger partial charge is 0.379 e. The zero-order valence-corrected chi connectivity index (χ0v) is 16.9. The van der Waals surface area contributed by atoms with Crippen LogP contribution in [0.4, 0.5) is 11.4 Å². The maximum Gasteiger partial charge on any atom is 0.271 e. The molecule has 0 unspecified atom stereocenters. The third-order valence-electron chi connectivity index (χ3n) is 4.10. The molecule has 0 atom stereocenters. The van der Waals surface area contributed by atoms with Crippen molar-refractivity contribution in [2.45, 2.75) is 4.90 Å². The molecule has 1 heterocycles. The molecule has 2 aromatic carbocycles. The lowest BCUT2D eigenvalue weighted by Gasteiger charge is -2.26. The first-order valence-electron chi connectivity index (χ1n) is 8.22. The Hall–Kier alpha value is -2.34. The van der Waals surface area contributed by atoms with E-state index in [1.165, 1.54) is 46.8 Å². The van der Waals surface area contributed by atoms with Crippen molar-refractivity contribution < 1.29 is 22.9 Å². The standard InChI is InChI=1S/C17H16BrN3O6S/c18-15-5-4-12(10-16(15)28(25,26)20-6-8-27-9-7-20)17(22)19-13-2-1-3-14(11-13)21(23)24/h1-5,10-11H,6-9H2,(H,19,22). The number of amides is 1. The molecule has 28 heavy (non-hydrogen) atoms. The second-order valence-electron chi connectivity index (χ2n) is 5.92. The molecule has 0 spiro atoms. The molecule has 3 rings (SSSR count). The number of carbonyl (C=O) groups is 1. The maximum absolute atomic E-state index is 12.9. The lowest BCUT2D eigenvalue weighted by molar-refractivity contribution is -0.384. The number of ether oxygens (including phenoxy) is 1. The van der Waals surface area contributed by atoms with Crippen LogP contribution in [0.2, 0.25) is 0 Å². The van der Waals surface area contributed by atoms with Gasteiger partial charge in [-0.25, -0.2) is 8.42 Å². The topological polar surface area (TPSA) is 119 Å². The summed E-state index contributed by atoms with van der Waals surface area (Å²) in [7, 11) is -3.80. The van der Waals surface area contributed by atoms with Gasteiger partial charge in [0.25, 0.3) is 11.6 Å². The minimum atomic E-state index is -3.80. The molecule has 0 saturated carbocycles. The molecule has 148 valence electrons. The molecule has 2 aromatic rings. The number of benzene rings is 2. The van der Waals surface area contributed by atoms with Gasteiger partial charge in [0.2, 0.25) is 10.0 Å². The zero-order valence-electron chi connectivity index (χ0n) is 14.5. The number of nitrogens with one attached hydrogen (secondary N) is 1. The SMILES string of the molecule is O=C(Nc1cccc([N+](=O)[O-])c1)c1ccc(Br)c(S(=O)(=O)N2CCOCC2)c1. The Balaban J connectivity index is 1.87. The number of anilines is 1. The van der Waals surface area contributed by atoms with E-state index in [0.29, 0.717) is 17.7 Å². The highest BCUT2D eigenvalue weighted by atomic mass is 79.9. The second kappa shape index (κ2) is 8.35. The first-order chi connectivity index (χ1) is 13.3. The van der Waals surface area contributed by atoms with Gasteiger partial charge in [-0.15, -0.1) is 0 Å². The number of rotatable bonds is 5. The van der Waals surface area contributed by atoms with Crippen LogP contribution in [0.15, 0.2) is 51.8 Å². The Kier molecular flexibility index (Phi) is 6.08. The smallest absolute Gasteiger partial charge is 0.271 e. The molecule has 11 heteroatoms. The Morgan fingerprint density at radius 3 is 2.57 bits per heavy atom. The number of nitro benzene ring substituents is 1. The van der Waals surface area contributed by atoms with Gasteiger partial charge in [0, 0.05) is 40.9 Å². The summed E-state index contributed by atoms with van der Waals surface area (Å²) >= 11 is 3.23. The quantitative estimate of drug-likeness (QED) is 0.530. The van der Waals surface area contributed by atoms with Crippen molar-refractivity contribution in [1.82, 2.24) is 4.31 Å². The number of hydrogen-bond donors (Lipinski definition) is 1. The number of sulfonamides is 1. The molecule has 1 amide bonds. The van der Waals surface area contributed by atoms with Crippen LogP contribution in [0.1, 0.15) is 10.4 Å². The van der Waals surface area contributed by atoms with Gasteiger partial charge in [-0.05, 0) is 40.2 Å². The van der Waals surface area contributed by atoms with Gasteiger partial charge >= 0.3 is 0 Å². The molecular formula is C17H16BrN3O6S. The summed E-state index contributed by atoms with van der Waals surface area (Å²) in [4.78, 5) is 22.8. The van der Waals surface area contributed by atoms with E-state index in [9.17, 15) is 23.3 Å². The molecule has 1 aliphatic heterocycles. The van der Waals surface area contributed by atoms with E-state index >= 15 is 0 Å². The Morgan fingerprint density at radius 2 is 1.89 bits per heavy atom. The van der Waals surface area contributed by atoms with Crippen LogP contribution in [-0.2, 0) is 14.8 Å². The summed E-state index contributed by atoms with van der Waals surface area (Å²) in [6.45, 7) is 1.09. The van der Waals surface area contributed by atoms with E-state index in [0.717, 1.165) is 0 Å². The van der Waals surface area contributed by atoms with Crippen molar-refractivity contribution in [3.8, 4) is 0 Å². The summed E-state index contributed by atoms with van der Waals surface area (Å²) in [6, 6.07) is 9.72. The highest BCUT2D eigenvalue weighted by molar-refractivity contribution is 9.10. The highest BCUT2D eigenvalue weighted by Gasteiger charge is 2.29. The highest BCUT2D eigenvalue weighted by Crippen LogP contribution is 2.27.